The minimum Gasteiger partial charge on any atom is -0.453 e. The molecule has 0 fully saturated rings. The van der Waals surface area contributed by atoms with Gasteiger partial charge in [-0.1, -0.05) is 38.4 Å². The van der Waals surface area contributed by atoms with Crippen molar-refractivity contribution in [3.63, 3.8) is 0 Å². The molecule has 10 heteroatoms. The number of nitrogens with zero attached hydrogens (tertiary/aromatic N) is 5. The highest BCUT2D eigenvalue weighted by atomic mass is 127. The van der Waals surface area contributed by atoms with Crippen molar-refractivity contribution >= 4 is 34.2 Å². The average Bonchev–Trinajstić information content (AvgIpc) is 3.39. The molecule has 0 bridgehead atoms. The number of benzene rings is 2. The maximum atomic E-state index is 15.4. The highest BCUT2D eigenvalue weighted by molar-refractivity contribution is 14.1. The number of hydrogen-bond acceptors (Lipinski definition) is 6. The lowest BCUT2D eigenvalue weighted by Crippen LogP contribution is -2.12. The lowest BCUT2D eigenvalue weighted by molar-refractivity contribution is 0.433. The van der Waals surface area contributed by atoms with Crippen LogP contribution in [0.25, 0.3) is 11.6 Å². The molecular formula is C24H20ClFIN5O2. The van der Waals surface area contributed by atoms with Gasteiger partial charge in [-0.3, -0.25) is 4.68 Å². The van der Waals surface area contributed by atoms with Crippen molar-refractivity contribution in [3.05, 3.63) is 73.5 Å². The van der Waals surface area contributed by atoms with E-state index in [9.17, 15) is 0 Å². The molecule has 0 radical (unpaired) electrons. The second-order valence-electron chi connectivity index (χ2n) is 8.71. The summed E-state index contributed by atoms with van der Waals surface area (Å²) in [5.41, 5.74) is 2.10. The summed E-state index contributed by atoms with van der Waals surface area (Å²) in [5.74, 6) is 0.315. The van der Waals surface area contributed by atoms with Crippen molar-refractivity contribution in [3.8, 4) is 29.2 Å². The van der Waals surface area contributed by atoms with Crippen LogP contribution in [0.5, 0.6) is 11.5 Å². The molecule has 174 valence electrons. The molecule has 0 unspecified atom stereocenters. The van der Waals surface area contributed by atoms with Gasteiger partial charge in [0.2, 0.25) is 5.89 Å². The van der Waals surface area contributed by atoms with Crippen LogP contribution in [0.1, 0.15) is 43.5 Å². The molecule has 2 heterocycles. The van der Waals surface area contributed by atoms with E-state index in [2.05, 4.69) is 36.1 Å². The van der Waals surface area contributed by atoms with E-state index in [4.69, 9.17) is 26.0 Å². The Hall–Kier alpha value is -2.97. The predicted octanol–water partition coefficient (Wildman–Crippen LogP) is 6.42. The monoisotopic (exact) mass is 591 g/mol. The lowest BCUT2D eigenvalue weighted by Gasteiger charge is -2.13. The highest BCUT2D eigenvalue weighted by Crippen LogP contribution is 2.34. The van der Waals surface area contributed by atoms with E-state index in [-0.39, 0.29) is 29.2 Å². The van der Waals surface area contributed by atoms with Crippen LogP contribution in [-0.2, 0) is 18.9 Å². The topological polar surface area (TPSA) is 89.8 Å². The standard InChI is InChI=1S/C24H20ClFIN5O2/c1-24(2,3)19-11-18(32(4)31-19)23-30-29-20(34-23)9-14-5-6-17(27)22(21(14)26)33-16-8-13(12-28)7-15(25)10-16/h5-8,10-11H,9H2,1-4H3. The first-order chi connectivity index (χ1) is 16.0. The Morgan fingerprint density at radius 3 is 2.65 bits per heavy atom. The van der Waals surface area contributed by atoms with Gasteiger partial charge in [-0.05, 0) is 52.9 Å². The van der Waals surface area contributed by atoms with E-state index in [1.165, 1.54) is 18.2 Å². The average molecular weight is 592 g/mol. The minimum atomic E-state index is -0.555. The number of aryl methyl sites for hydroxylation is 1. The van der Waals surface area contributed by atoms with Gasteiger partial charge in [0, 0.05) is 23.0 Å². The van der Waals surface area contributed by atoms with Gasteiger partial charge in [0.1, 0.15) is 11.4 Å². The summed E-state index contributed by atoms with van der Waals surface area (Å²) in [5, 5.41) is 22.2. The third-order valence-electron chi connectivity index (χ3n) is 5.03. The van der Waals surface area contributed by atoms with Crippen LogP contribution in [0.2, 0.25) is 5.02 Å². The third kappa shape index (κ3) is 5.08. The maximum absolute atomic E-state index is 15.4. The van der Waals surface area contributed by atoms with Crippen LogP contribution in [0.4, 0.5) is 4.39 Å². The van der Waals surface area contributed by atoms with Gasteiger partial charge in [0.25, 0.3) is 5.89 Å². The molecule has 0 aliphatic rings. The fourth-order valence-electron chi connectivity index (χ4n) is 3.23. The van der Waals surface area contributed by atoms with Gasteiger partial charge in [0.15, 0.2) is 11.6 Å². The molecule has 0 atom stereocenters. The van der Waals surface area contributed by atoms with E-state index in [1.807, 2.05) is 41.8 Å². The van der Waals surface area contributed by atoms with E-state index >= 15 is 4.39 Å². The van der Waals surface area contributed by atoms with Crippen LogP contribution in [0.15, 0.2) is 40.8 Å². The number of ether oxygens (including phenoxy) is 1. The molecule has 0 saturated heterocycles. The first-order valence-corrected chi connectivity index (χ1v) is 11.7. The van der Waals surface area contributed by atoms with Gasteiger partial charge in [-0.2, -0.15) is 10.4 Å². The summed E-state index contributed by atoms with van der Waals surface area (Å²) in [6.45, 7) is 6.21. The largest absolute Gasteiger partial charge is 0.453 e. The minimum absolute atomic E-state index is 0.0328. The van der Waals surface area contributed by atoms with E-state index in [1.54, 1.807) is 16.8 Å². The molecule has 34 heavy (non-hydrogen) atoms. The summed E-state index contributed by atoms with van der Waals surface area (Å²) < 4.78 is 29.2. The molecule has 0 N–H and O–H groups in total. The van der Waals surface area contributed by atoms with Crippen molar-refractivity contribution in [2.75, 3.05) is 0 Å². The molecule has 0 saturated carbocycles. The fraction of sp³-hybridized carbons (Fsp3) is 0.250. The Morgan fingerprint density at radius 1 is 1.21 bits per heavy atom. The number of hydrogen-bond donors (Lipinski definition) is 0. The summed E-state index contributed by atoms with van der Waals surface area (Å²) in [7, 11) is 1.81. The Balaban J connectivity index is 1.61. The van der Waals surface area contributed by atoms with Gasteiger partial charge in [-0.15, -0.1) is 10.2 Å². The summed E-state index contributed by atoms with van der Waals surface area (Å²) >= 11 is 8.03. The quantitative estimate of drug-likeness (QED) is 0.249. The highest BCUT2D eigenvalue weighted by Gasteiger charge is 2.23. The zero-order chi connectivity index (χ0) is 24.6. The van der Waals surface area contributed by atoms with Crippen molar-refractivity contribution in [2.45, 2.75) is 32.6 Å². The Morgan fingerprint density at radius 2 is 1.97 bits per heavy atom. The predicted molar refractivity (Wildman–Crippen MR) is 133 cm³/mol. The van der Waals surface area contributed by atoms with Crippen molar-refractivity contribution < 1.29 is 13.5 Å². The molecule has 2 aromatic heterocycles. The Labute approximate surface area is 214 Å². The van der Waals surface area contributed by atoms with Gasteiger partial charge in [-0.25, -0.2) is 4.39 Å². The van der Waals surface area contributed by atoms with E-state index in [0.29, 0.717) is 31.3 Å². The second kappa shape index (κ2) is 9.35. The summed E-state index contributed by atoms with van der Waals surface area (Å²) in [6.07, 6.45) is 0.0785. The van der Waals surface area contributed by atoms with Crippen molar-refractivity contribution in [1.29, 1.82) is 5.26 Å². The Kier molecular flexibility index (Phi) is 6.64. The van der Waals surface area contributed by atoms with Crippen LogP contribution < -0.4 is 4.74 Å². The van der Waals surface area contributed by atoms with Gasteiger partial charge < -0.3 is 9.15 Å². The molecule has 0 aliphatic carbocycles. The van der Waals surface area contributed by atoms with Crippen molar-refractivity contribution in [2.24, 2.45) is 7.05 Å². The Bertz CT molecular complexity index is 1420. The van der Waals surface area contributed by atoms with Gasteiger partial charge in [0.05, 0.1) is 27.3 Å². The first-order valence-electron chi connectivity index (χ1n) is 10.3. The zero-order valence-corrected chi connectivity index (χ0v) is 21.8. The molecule has 0 aliphatic heterocycles. The van der Waals surface area contributed by atoms with E-state index in [0.717, 1.165) is 5.69 Å². The lowest BCUT2D eigenvalue weighted by atomic mass is 9.92. The molecule has 4 aromatic rings. The zero-order valence-electron chi connectivity index (χ0n) is 18.9. The van der Waals surface area contributed by atoms with Crippen LogP contribution in [0, 0.1) is 20.7 Å². The van der Waals surface area contributed by atoms with E-state index < -0.39 is 5.82 Å². The van der Waals surface area contributed by atoms with Gasteiger partial charge >= 0.3 is 0 Å². The molecule has 7 nitrogen and oxygen atoms in total. The number of rotatable bonds is 5. The van der Waals surface area contributed by atoms with Crippen LogP contribution in [0.3, 0.4) is 0 Å². The van der Waals surface area contributed by atoms with Crippen LogP contribution >= 0.6 is 34.2 Å². The second-order valence-corrected chi connectivity index (χ2v) is 10.3. The summed E-state index contributed by atoms with van der Waals surface area (Å²) in [4.78, 5) is 0. The van der Waals surface area contributed by atoms with Crippen LogP contribution in [-0.4, -0.2) is 20.0 Å². The first kappa shape index (κ1) is 24.2. The summed E-state index contributed by atoms with van der Waals surface area (Å²) in [6, 6.07) is 11.8. The maximum Gasteiger partial charge on any atom is 0.265 e. The smallest absolute Gasteiger partial charge is 0.265 e. The fourth-order valence-corrected chi connectivity index (χ4v) is 3.98. The SMILES string of the molecule is Cn1nc(C(C)(C)C)cc1-c1nnc(Cc2ccc(I)c(Oc3cc(Cl)cc(C#N)c3)c2F)o1. The normalized spacial score (nSPS) is 11.5. The number of halogens is 3. The molecule has 0 amide bonds. The third-order valence-corrected chi connectivity index (χ3v) is 6.09. The molecule has 0 spiro atoms. The molecule has 4 rings (SSSR count). The number of aromatic nitrogens is 4. The molecule has 2 aromatic carbocycles. The molecular weight excluding hydrogens is 572 g/mol. The number of nitriles is 1. The van der Waals surface area contributed by atoms with Crippen molar-refractivity contribution in [1.82, 2.24) is 20.0 Å².